The van der Waals surface area contributed by atoms with E-state index in [0.29, 0.717) is 17.6 Å². The zero-order chi connectivity index (χ0) is 49.8. The number of benzene rings is 11. The second kappa shape index (κ2) is 16.6. The van der Waals surface area contributed by atoms with Gasteiger partial charge >= 0.3 is 0 Å². The minimum Gasteiger partial charge on any atom is -0.456 e. The molecule has 0 aliphatic carbocycles. The molecule has 0 aliphatic rings. The highest BCUT2D eigenvalue weighted by Gasteiger charge is 2.22. The van der Waals surface area contributed by atoms with E-state index in [1.807, 2.05) is 30.3 Å². The van der Waals surface area contributed by atoms with Gasteiger partial charge < -0.3 is 13.4 Å². The standard InChI is InChI=1S/C69H41N5O2/c1-2-15-42(16-3-1)49-19-4-5-24-54(49)68-70-67(71-69(72-68)74-60-26-11-7-21-51(60)56-39-44(30-34-62(56)74)46-32-36-66-58(41-46)53-23-9-13-28-64(53)76-66)47-17-14-18-48(37-47)73-59-25-10-6-20-50(59)55-38-43(29-33-61(55)73)45-31-35-65-57(40-45)52-22-8-12-27-63(52)75-65/h1-41H. The van der Waals surface area contributed by atoms with E-state index in [0.717, 1.165) is 127 Å². The molecule has 16 aromatic rings. The molecule has 7 nitrogen and oxygen atoms in total. The molecule has 354 valence electrons. The number of para-hydroxylation sites is 4. The van der Waals surface area contributed by atoms with E-state index in [2.05, 4.69) is 228 Å². The lowest BCUT2D eigenvalue weighted by Crippen LogP contribution is -2.07. The van der Waals surface area contributed by atoms with Crippen LogP contribution in [0.1, 0.15) is 0 Å². The van der Waals surface area contributed by atoms with Crippen LogP contribution in [0.5, 0.6) is 0 Å². The molecular formula is C69H41N5O2. The first-order valence-corrected chi connectivity index (χ1v) is 25.6. The summed E-state index contributed by atoms with van der Waals surface area (Å²) < 4.78 is 17.0. The van der Waals surface area contributed by atoms with Crippen LogP contribution < -0.4 is 0 Å². The third-order valence-electron chi connectivity index (χ3n) is 15.2. The normalized spacial score (nSPS) is 11.9. The second-order valence-corrected chi connectivity index (χ2v) is 19.5. The second-order valence-electron chi connectivity index (χ2n) is 19.5. The molecule has 16 rings (SSSR count). The minimum absolute atomic E-state index is 0.532. The van der Waals surface area contributed by atoms with Crippen molar-refractivity contribution in [2.75, 3.05) is 0 Å². The van der Waals surface area contributed by atoms with Gasteiger partial charge in [0.2, 0.25) is 5.95 Å². The number of rotatable bonds is 7. The number of hydrogen-bond donors (Lipinski definition) is 0. The molecule has 0 amide bonds. The van der Waals surface area contributed by atoms with Crippen molar-refractivity contribution in [2.24, 2.45) is 0 Å². The highest BCUT2D eigenvalue weighted by Crippen LogP contribution is 2.41. The van der Waals surface area contributed by atoms with Gasteiger partial charge in [-0.25, -0.2) is 4.98 Å². The first-order chi connectivity index (χ1) is 37.6. The van der Waals surface area contributed by atoms with Crippen LogP contribution in [0.3, 0.4) is 0 Å². The summed E-state index contributed by atoms with van der Waals surface area (Å²) in [7, 11) is 0. The largest absolute Gasteiger partial charge is 0.456 e. The fraction of sp³-hybridized carbons (Fsp3) is 0. The van der Waals surface area contributed by atoms with Gasteiger partial charge in [-0.3, -0.25) is 4.57 Å². The molecule has 11 aromatic carbocycles. The Bertz CT molecular complexity index is 5020. The minimum atomic E-state index is 0.532. The van der Waals surface area contributed by atoms with E-state index < -0.39 is 0 Å². The van der Waals surface area contributed by atoms with E-state index in [9.17, 15) is 0 Å². The van der Waals surface area contributed by atoms with Gasteiger partial charge in [0.15, 0.2) is 11.6 Å². The Morgan fingerprint density at radius 3 is 1.33 bits per heavy atom. The molecular weight excluding hydrogens is 931 g/mol. The van der Waals surface area contributed by atoms with E-state index >= 15 is 0 Å². The van der Waals surface area contributed by atoms with E-state index in [1.54, 1.807) is 0 Å². The summed E-state index contributed by atoms with van der Waals surface area (Å²) in [6.07, 6.45) is 0. The van der Waals surface area contributed by atoms with Gasteiger partial charge in [-0.15, -0.1) is 0 Å². The molecule has 0 spiro atoms. The number of furan rings is 2. The summed E-state index contributed by atoms with van der Waals surface area (Å²) in [5.74, 6) is 1.68. The quantitative estimate of drug-likeness (QED) is 0.159. The highest BCUT2D eigenvalue weighted by atomic mass is 16.3. The molecule has 0 radical (unpaired) electrons. The molecule has 0 N–H and O–H groups in total. The predicted molar refractivity (Wildman–Crippen MR) is 310 cm³/mol. The van der Waals surface area contributed by atoms with Crippen LogP contribution in [-0.4, -0.2) is 24.1 Å². The van der Waals surface area contributed by atoms with Crippen molar-refractivity contribution < 1.29 is 8.83 Å². The fourth-order valence-electron chi connectivity index (χ4n) is 11.7. The van der Waals surface area contributed by atoms with Crippen LogP contribution in [0.4, 0.5) is 0 Å². The smallest absolute Gasteiger partial charge is 0.238 e. The van der Waals surface area contributed by atoms with Gasteiger partial charge in [0.05, 0.1) is 22.1 Å². The average Bonchev–Trinajstić information content (AvgIpc) is 4.28. The van der Waals surface area contributed by atoms with Gasteiger partial charge in [-0.2, -0.15) is 9.97 Å². The Morgan fingerprint density at radius 2 is 0.697 bits per heavy atom. The maximum atomic E-state index is 6.21. The summed E-state index contributed by atoms with van der Waals surface area (Å²) in [6, 6.07) is 87.6. The maximum absolute atomic E-state index is 6.21. The van der Waals surface area contributed by atoms with Gasteiger partial charge in [-0.1, -0.05) is 164 Å². The SMILES string of the molecule is c1ccc(-c2ccccc2-c2nc(-c3cccc(-n4c5ccccc5c5cc(-c6ccc7oc8ccccc8c7c6)ccc54)c3)nc(-n3c4ccccc4c4cc(-c5ccc6oc7ccccc7c6c5)ccc43)n2)cc1. The summed E-state index contributed by atoms with van der Waals surface area (Å²) in [4.78, 5) is 16.3. The molecule has 0 unspecified atom stereocenters. The Balaban J connectivity index is 0.867. The van der Waals surface area contributed by atoms with Crippen molar-refractivity contribution in [3.63, 3.8) is 0 Å². The Hall–Kier alpha value is -10.4. The van der Waals surface area contributed by atoms with Crippen LogP contribution >= 0.6 is 0 Å². The summed E-state index contributed by atoms with van der Waals surface area (Å²) in [5, 5.41) is 8.99. The van der Waals surface area contributed by atoms with Crippen molar-refractivity contribution in [2.45, 2.75) is 0 Å². The number of nitrogens with zero attached hydrogens (tertiary/aromatic N) is 5. The Kier molecular flexibility index (Phi) is 9.20. The van der Waals surface area contributed by atoms with Crippen LogP contribution in [0.25, 0.3) is 155 Å². The lowest BCUT2D eigenvalue weighted by molar-refractivity contribution is 0.668. The first kappa shape index (κ1) is 42.2. The van der Waals surface area contributed by atoms with E-state index in [-0.39, 0.29) is 0 Å². The Morgan fingerprint density at radius 1 is 0.250 bits per heavy atom. The van der Waals surface area contributed by atoms with Gasteiger partial charge in [0.25, 0.3) is 0 Å². The van der Waals surface area contributed by atoms with Crippen molar-refractivity contribution in [3.8, 4) is 67.8 Å². The number of hydrogen-bond acceptors (Lipinski definition) is 5. The van der Waals surface area contributed by atoms with Crippen molar-refractivity contribution in [1.82, 2.24) is 24.1 Å². The maximum Gasteiger partial charge on any atom is 0.238 e. The first-order valence-electron chi connectivity index (χ1n) is 25.6. The Labute approximate surface area is 434 Å². The monoisotopic (exact) mass is 971 g/mol. The zero-order valence-corrected chi connectivity index (χ0v) is 40.7. The van der Waals surface area contributed by atoms with Crippen LogP contribution in [0, 0.1) is 0 Å². The topological polar surface area (TPSA) is 74.8 Å². The molecule has 7 heteroatoms. The van der Waals surface area contributed by atoms with Gasteiger partial charge in [0, 0.05) is 59.9 Å². The molecule has 5 heterocycles. The lowest BCUT2D eigenvalue weighted by Gasteiger charge is -2.14. The molecule has 0 atom stereocenters. The molecule has 0 fully saturated rings. The van der Waals surface area contributed by atoms with E-state index in [4.69, 9.17) is 23.8 Å². The zero-order valence-electron chi connectivity index (χ0n) is 40.7. The third-order valence-corrected chi connectivity index (χ3v) is 15.2. The van der Waals surface area contributed by atoms with E-state index in [1.165, 1.54) is 10.8 Å². The molecule has 5 aromatic heterocycles. The van der Waals surface area contributed by atoms with Gasteiger partial charge in [0.1, 0.15) is 22.3 Å². The van der Waals surface area contributed by atoms with Gasteiger partial charge in [-0.05, 0) is 118 Å². The summed E-state index contributed by atoms with van der Waals surface area (Å²) in [6.45, 7) is 0. The fourth-order valence-corrected chi connectivity index (χ4v) is 11.7. The molecule has 0 saturated carbocycles. The van der Waals surface area contributed by atoms with Crippen molar-refractivity contribution in [3.05, 3.63) is 249 Å². The van der Waals surface area contributed by atoms with Crippen LogP contribution in [0.15, 0.2) is 258 Å². The third kappa shape index (κ3) is 6.59. The average molecular weight is 972 g/mol. The van der Waals surface area contributed by atoms with Crippen molar-refractivity contribution in [1.29, 1.82) is 0 Å². The van der Waals surface area contributed by atoms with Crippen LogP contribution in [-0.2, 0) is 0 Å². The number of fused-ring (bicyclic) bond motifs is 12. The lowest BCUT2D eigenvalue weighted by atomic mass is 9.99. The summed E-state index contributed by atoms with van der Waals surface area (Å²) in [5.41, 5.74) is 17.2. The molecule has 0 bridgehead atoms. The highest BCUT2D eigenvalue weighted by molar-refractivity contribution is 6.13. The number of aromatic nitrogens is 5. The molecule has 0 saturated heterocycles. The molecule has 0 aliphatic heterocycles. The van der Waals surface area contributed by atoms with Crippen LogP contribution in [0.2, 0.25) is 0 Å². The molecule has 76 heavy (non-hydrogen) atoms. The predicted octanol–water partition coefficient (Wildman–Crippen LogP) is 18.2. The van der Waals surface area contributed by atoms with Crippen molar-refractivity contribution >= 4 is 87.5 Å². The summed E-state index contributed by atoms with van der Waals surface area (Å²) >= 11 is 0.